The number of aliphatic imine (C=N–C) groups is 1. The number of thiazole rings is 1. The van der Waals surface area contributed by atoms with E-state index in [0.29, 0.717) is 10.6 Å². The van der Waals surface area contributed by atoms with Gasteiger partial charge in [-0.05, 0) is 38.8 Å². The van der Waals surface area contributed by atoms with Crippen LogP contribution in [0.1, 0.15) is 68.4 Å². The summed E-state index contributed by atoms with van der Waals surface area (Å²) in [6.07, 6.45) is 8.98. The fourth-order valence-electron chi connectivity index (χ4n) is 3.88. The number of rotatable bonds is 10. The number of halogens is 2. The van der Waals surface area contributed by atoms with Crippen LogP contribution in [0.4, 0.5) is 8.78 Å². The topological polar surface area (TPSA) is 170 Å². The first-order valence-electron chi connectivity index (χ1n) is 13.1. The van der Waals surface area contributed by atoms with Gasteiger partial charge >= 0.3 is 8.60 Å². The maximum absolute atomic E-state index is 14.4. The molecule has 0 aromatic carbocycles. The third-order valence-corrected chi connectivity index (χ3v) is 7.64. The lowest BCUT2D eigenvalue weighted by Crippen LogP contribution is -2.27. The van der Waals surface area contributed by atoms with Crippen molar-refractivity contribution in [1.82, 2.24) is 25.1 Å². The maximum Gasteiger partial charge on any atom is 0.331 e. The molecule has 16 heteroatoms. The number of nitrogens with one attached hydrogen (secondary N) is 1. The molecule has 3 aromatic rings. The van der Waals surface area contributed by atoms with Crippen LogP contribution in [0.25, 0.3) is 16.3 Å². The summed E-state index contributed by atoms with van der Waals surface area (Å²) in [5, 5.41) is 16.5. The van der Waals surface area contributed by atoms with E-state index in [0.717, 1.165) is 44.2 Å². The van der Waals surface area contributed by atoms with E-state index < -0.39 is 38.2 Å². The summed E-state index contributed by atoms with van der Waals surface area (Å²) >= 11 is 1.21. The molecule has 0 bridgehead atoms. The third-order valence-electron chi connectivity index (χ3n) is 5.95. The van der Waals surface area contributed by atoms with Crippen molar-refractivity contribution in [1.29, 1.82) is 0 Å². The van der Waals surface area contributed by atoms with Gasteiger partial charge in [-0.1, -0.05) is 19.3 Å². The zero-order valence-electron chi connectivity index (χ0n) is 23.4. The molecule has 0 saturated heterocycles. The number of amides is 1. The number of pyridine rings is 1. The van der Waals surface area contributed by atoms with Gasteiger partial charge in [-0.2, -0.15) is 9.49 Å². The molecule has 12 nitrogen and oxygen atoms in total. The molecule has 228 valence electrons. The Labute approximate surface area is 247 Å². The fourth-order valence-corrected chi connectivity index (χ4v) is 5.10. The van der Waals surface area contributed by atoms with E-state index in [1.165, 1.54) is 29.3 Å². The van der Waals surface area contributed by atoms with Gasteiger partial charge in [-0.15, -0.1) is 11.3 Å². The quantitative estimate of drug-likeness (QED) is 0.144. The van der Waals surface area contributed by atoms with Gasteiger partial charge in [0, 0.05) is 37.1 Å². The summed E-state index contributed by atoms with van der Waals surface area (Å²) in [6, 6.07) is 1.84. The molecular formula is C26H34F2N7O5PS. The van der Waals surface area contributed by atoms with Crippen molar-refractivity contribution in [2.75, 3.05) is 13.7 Å². The van der Waals surface area contributed by atoms with Crippen molar-refractivity contribution >= 4 is 37.8 Å². The molecule has 2 unspecified atom stereocenters. The Morgan fingerprint density at radius 3 is 2.74 bits per heavy atom. The monoisotopic (exact) mass is 625 g/mol. The Balaban J connectivity index is 0.00000155. The van der Waals surface area contributed by atoms with Crippen LogP contribution in [0.5, 0.6) is 0 Å². The van der Waals surface area contributed by atoms with Gasteiger partial charge in [-0.3, -0.25) is 14.3 Å². The number of aromatic nitrogens is 4. The maximum atomic E-state index is 14.4. The summed E-state index contributed by atoms with van der Waals surface area (Å²) < 4.78 is 39.7. The van der Waals surface area contributed by atoms with Crippen molar-refractivity contribution < 1.29 is 32.6 Å². The lowest BCUT2D eigenvalue weighted by atomic mass is 9.96. The predicted molar refractivity (Wildman–Crippen MR) is 156 cm³/mol. The molecule has 1 amide bonds. The number of carbonyl (C=O) groups excluding carboxylic acids is 1. The average molecular weight is 626 g/mol. The number of hydrogen-bond acceptors (Lipinski definition) is 11. The first-order valence-corrected chi connectivity index (χ1v) is 15.1. The minimum atomic E-state index is -2.03. The second-order valence-electron chi connectivity index (χ2n) is 9.00. The predicted octanol–water partition coefficient (Wildman–Crippen LogP) is 4.54. The van der Waals surface area contributed by atoms with E-state index in [9.17, 15) is 18.5 Å². The Hall–Kier alpha value is -3.20. The number of nitrogens with zero attached hydrogens (tertiary/aromatic N) is 5. The molecule has 0 radical (unpaired) electrons. The van der Waals surface area contributed by atoms with Crippen LogP contribution in [0.3, 0.4) is 0 Å². The molecule has 1 saturated carbocycles. The molecule has 1 aliphatic carbocycles. The van der Waals surface area contributed by atoms with E-state index >= 15 is 0 Å². The zero-order valence-corrected chi connectivity index (χ0v) is 25.1. The molecular weight excluding hydrogens is 591 g/mol. The first-order chi connectivity index (χ1) is 20.2. The number of aliphatic hydroxyl groups is 1. The second-order valence-corrected chi connectivity index (χ2v) is 10.9. The van der Waals surface area contributed by atoms with Gasteiger partial charge < -0.3 is 25.6 Å². The van der Waals surface area contributed by atoms with Gasteiger partial charge in [0.2, 0.25) is 5.95 Å². The minimum absolute atomic E-state index is 0.00504. The number of allylic oxidation sites excluding steroid dienone is 1. The summed E-state index contributed by atoms with van der Waals surface area (Å²) in [4.78, 5) is 35.2. The van der Waals surface area contributed by atoms with Crippen LogP contribution in [-0.2, 0) is 9.05 Å². The number of carbonyl (C=O) groups is 1. The van der Waals surface area contributed by atoms with E-state index in [-0.39, 0.29) is 29.7 Å². The highest BCUT2D eigenvalue weighted by Crippen LogP contribution is 2.36. The lowest BCUT2D eigenvalue weighted by Gasteiger charge is -2.18. The highest BCUT2D eigenvalue weighted by molar-refractivity contribution is 7.40. The third kappa shape index (κ3) is 9.41. The normalized spacial score (nSPS) is 16.0. The number of hydrogen-bond donors (Lipinski definition) is 4. The molecule has 5 N–H and O–H groups in total. The van der Waals surface area contributed by atoms with Crippen molar-refractivity contribution in [3.05, 3.63) is 58.8 Å². The summed E-state index contributed by atoms with van der Waals surface area (Å²) in [5.74, 6) is -2.36. The smallest absolute Gasteiger partial charge is 0.331 e. The van der Waals surface area contributed by atoms with Crippen LogP contribution in [0, 0.1) is 11.8 Å². The minimum Gasteiger partial charge on any atom is -0.397 e. The van der Waals surface area contributed by atoms with E-state index in [2.05, 4.69) is 25.4 Å². The first kappa shape index (κ1) is 33.3. The molecule has 3 heterocycles. The molecule has 0 aliphatic heterocycles. The Bertz CT molecular complexity index is 1380. The van der Waals surface area contributed by atoms with Gasteiger partial charge in [0.05, 0.1) is 23.6 Å². The largest absolute Gasteiger partial charge is 0.397 e. The lowest BCUT2D eigenvalue weighted by molar-refractivity contribution is 0.0963. The van der Waals surface area contributed by atoms with Crippen LogP contribution >= 0.6 is 19.9 Å². The fraction of sp³-hybridized carbons (Fsp3) is 0.423. The molecule has 1 fully saturated rings. The summed E-state index contributed by atoms with van der Waals surface area (Å²) in [5.41, 5.74) is 6.17. The molecule has 42 heavy (non-hydrogen) atoms. The Morgan fingerprint density at radius 2 is 2.05 bits per heavy atom. The highest BCUT2D eigenvalue weighted by Gasteiger charge is 2.20. The number of aliphatic hydroxyl groups excluding tert-OH is 1. The molecule has 1 aliphatic rings. The molecule has 2 atom stereocenters. The van der Waals surface area contributed by atoms with Crippen LogP contribution in [0.15, 0.2) is 40.6 Å². The van der Waals surface area contributed by atoms with E-state index in [1.807, 2.05) is 0 Å². The zero-order chi connectivity index (χ0) is 30.6. The van der Waals surface area contributed by atoms with Crippen LogP contribution < -0.4 is 11.1 Å². The van der Waals surface area contributed by atoms with Crippen molar-refractivity contribution in [3.63, 3.8) is 0 Å². The van der Waals surface area contributed by atoms with Gasteiger partial charge in [0.25, 0.3) is 5.91 Å². The standard InChI is InChI=1S/C24H28F2N7O4PS.C2H6O/c1-14(37-38(35)36-2)33-12-15(10-29-33)24-31-19(13-39-24)23(34)30-18(11-28-16-6-4-3-5-7-16)21(27)22-17(25)8-9-20(26)32-22;1-2-3/h8-14,16,35H,3-7,27H2,1-2H3,(H,30,34);3H,2H2,1H3/b21-18+,28-11?;. The van der Waals surface area contributed by atoms with E-state index in [4.69, 9.17) is 19.9 Å². The summed E-state index contributed by atoms with van der Waals surface area (Å²) in [7, 11) is -0.705. The van der Waals surface area contributed by atoms with Crippen LogP contribution in [0.2, 0.25) is 0 Å². The van der Waals surface area contributed by atoms with Crippen molar-refractivity contribution in [2.45, 2.75) is 58.2 Å². The number of nitrogens with two attached hydrogens (primary N) is 1. The second kappa shape index (κ2) is 16.4. The SMILES string of the molecule is CCO.COP(O)OC(C)n1cc(-c2nc(C(=O)N/C(C=NC3CCCCC3)=C(/N)c3nc(F)ccc3F)cs2)cn1. The Kier molecular flexibility index (Phi) is 13.0. The Morgan fingerprint density at radius 1 is 1.33 bits per heavy atom. The van der Waals surface area contributed by atoms with E-state index in [1.54, 1.807) is 31.6 Å². The molecule has 4 rings (SSSR count). The highest BCUT2D eigenvalue weighted by atomic mass is 32.1. The van der Waals surface area contributed by atoms with Crippen LogP contribution in [-0.4, -0.2) is 61.6 Å². The molecule has 3 aromatic heterocycles. The van der Waals surface area contributed by atoms with Gasteiger partial charge in [-0.25, -0.2) is 19.0 Å². The molecule has 0 spiro atoms. The van der Waals surface area contributed by atoms with Gasteiger partial charge in [0.15, 0.2) is 12.0 Å². The van der Waals surface area contributed by atoms with Gasteiger partial charge in [0.1, 0.15) is 16.4 Å². The van der Waals surface area contributed by atoms with Crippen molar-refractivity contribution in [3.8, 4) is 10.6 Å². The average Bonchev–Trinajstić information content (AvgIpc) is 3.68. The van der Waals surface area contributed by atoms with Crippen molar-refractivity contribution in [2.24, 2.45) is 10.7 Å². The summed E-state index contributed by atoms with van der Waals surface area (Å²) in [6.45, 7) is 3.62.